The minimum Gasteiger partial charge on any atom is -0.346 e. The molecule has 0 bridgehead atoms. The summed E-state index contributed by atoms with van der Waals surface area (Å²) in [6, 6.07) is 6.02. The zero-order valence-corrected chi connectivity index (χ0v) is 19.5. The fourth-order valence-electron chi connectivity index (χ4n) is 4.58. The normalized spacial score (nSPS) is 15.9. The second kappa shape index (κ2) is 7.69. The Hall–Kier alpha value is -4.15. The first-order valence-corrected chi connectivity index (χ1v) is 12.6. The van der Waals surface area contributed by atoms with E-state index in [4.69, 9.17) is 0 Å². The molecule has 12 nitrogen and oxygen atoms in total. The van der Waals surface area contributed by atoms with Gasteiger partial charge in [0.25, 0.3) is 0 Å². The molecule has 6 rings (SSSR count). The van der Waals surface area contributed by atoms with Crippen LogP contribution in [0.1, 0.15) is 13.3 Å². The molecule has 0 radical (unpaired) electrons. The van der Waals surface area contributed by atoms with Gasteiger partial charge in [0.05, 0.1) is 35.5 Å². The zero-order valence-electron chi connectivity index (χ0n) is 18.7. The van der Waals surface area contributed by atoms with E-state index in [0.29, 0.717) is 17.2 Å². The Bertz CT molecular complexity index is 1720. The van der Waals surface area contributed by atoms with Crippen LogP contribution in [0.25, 0.3) is 39.1 Å². The molecule has 6 heterocycles. The highest BCUT2D eigenvalue weighted by Crippen LogP contribution is 2.36. The van der Waals surface area contributed by atoms with Crippen LogP contribution in [0.5, 0.6) is 0 Å². The number of nitrogens with zero attached hydrogens (tertiary/aromatic N) is 9. The fraction of sp³-hybridized carbons (Fsp3) is 0.273. The second-order valence-electron chi connectivity index (χ2n) is 8.48. The number of nitriles is 1. The molecule has 0 unspecified atom stereocenters. The molecule has 1 aliphatic rings. The minimum absolute atomic E-state index is 0.0251. The Morgan fingerprint density at radius 1 is 1.14 bits per heavy atom. The van der Waals surface area contributed by atoms with Crippen molar-refractivity contribution in [2.45, 2.75) is 18.9 Å². The number of aromatic nitrogens is 8. The first kappa shape index (κ1) is 21.4. The van der Waals surface area contributed by atoms with E-state index in [1.165, 1.54) is 17.0 Å². The minimum atomic E-state index is -3.32. The Morgan fingerprint density at radius 2 is 1.97 bits per heavy atom. The van der Waals surface area contributed by atoms with Gasteiger partial charge in [-0.2, -0.15) is 14.7 Å². The summed E-state index contributed by atoms with van der Waals surface area (Å²) in [6.45, 7) is 2.04. The summed E-state index contributed by atoms with van der Waals surface area (Å²) in [5.41, 5.74) is 2.14. The van der Waals surface area contributed by atoms with E-state index in [1.54, 1.807) is 17.8 Å². The van der Waals surface area contributed by atoms with Crippen LogP contribution in [0.3, 0.4) is 0 Å². The van der Waals surface area contributed by atoms with E-state index in [1.807, 2.05) is 35.3 Å². The molecule has 5 aromatic rings. The van der Waals surface area contributed by atoms with Gasteiger partial charge in [0, 0.05) is 42.6 Å². The second-order valence-corrected chi connectivity index (χ2v) is 10.7. The Kier molecular flexibility index (Phi) is 4.70. The highest BCUT2D eigenvalue weighted by molar-refractivity contribution is 7.89. The van der Waals surface area contributed by atoms with Crippen molar-refractivity contribution in [3.63, 3.8) is 0 Å². The Labute approximate surface area is 199 Å². The first-order chi connectivity index (χ1) is 17.0. The van der Waals surface area contributed by atoms with Crippen LogP contribution >= 0.6 is 0 Å². The summed E-state index contributed by atoms with van der Waals surface area (Å²) in [4.78, 5) is 20.8. The van der Waals surface area contributed by atoms with E-state index in [-0.39, 0.29) is 25.3 Å². The molecule has 0 aliphatic carbocycles. The molecule has 176 valence electrons. The monoisotopic (exact) mass is 488 g/mol. The molecule has 1 fully saturated rings. The molecule has 0 amide bonds. The quantitative estimate of drug-likeness (QED) is 0.380. The van der Waals surface area contributed by atoms with Gasteiger partial charge in [-0.25, -0.2) is 28.4 Å². The largest absolute Gasteiger partial charge is 0.346 e. The van der Waals surface area contributed by atoms with Crippen molar-refractivity contribution in [3.8, 4) is 23.1 Å². The maximum absolute atomic E-state index is 12.2. The highest BCUT2D eigenvalue weighted by atomic mass is 32.2. The smallest absolute Gasteiger partial charge is 0.213 e. The predicted octanol–water partition coefficient (Wildman–Crippen LogP) is 1.83. The van der Waals surface area contributed by atoms with Crippen molar-refractivity contribution in [1.29, 1.82) is 5.26 Å². The maximum atomic E-state index is 12.2. The number of nitrogens with one attached hydrogen (secondary N) is 1. The van der Waals surface area contributed by atoms with Crippen molar-refractivity contribution in [2.75, 3.05) is 18.8 Å². The van der Waals surface area contributed by atoms with E-state index in [0.717, 1.165) is 22.0 Å². The SMILES string of the molecule is CCS(=O)(=O)N1CC(CC#N)(n2cc(-c3ncnc4c3ccn4-c3ncnc4[nH]ccc34)cn2)C1. The molecule has 1 aliphatic heterocycles. The van der Waals surface area contributed by atoms with E-state index >= 15 is 0 Å². The zero-order chi connectivity index (χ0) is 24.2. The van der Waals surface area contributed by atoms with Crippen LogP contribution in [0.4, 0.5) is 0 Å². The van der Waals surface area contributed by atoms with Crippen molar-refractivity contribution in [2.24, 2.45) is 0 Å². The highest BCUT2D eigenvalue weighted by Gasteiger charge is 2.49. The molecule has 0 saturated carbocycles. The van der Waals surface area contributed by atoms with E-state index < -0.39 is 15.6 Å². The lowest BCUT2D eigenvalue weighted by molar-refractivity contribution is 0.0719. The molecule has 13 heteroatoms. The Morgan fingerprint density at radius 3 is 2.77 bits per heavy atom. The van der Waals surface area contributed by atoms with Crippen LogP contribution in [0, 0.1) is 11.3 Å². The van der Waals surface area contributed by atoms with Gasteiger partial charge in [0.15, 0.2) is 5.82 Å². The van der Waals surface area contributed by atoms with Crippen LogP contribution < -0.4 is 0 Å². The van der Waals surface area contributed by atoms with Crippen molar-refractivity contribution in [1.82, 2.24) is 43.6 Å². The number of hydrogen-bond donors (Lipinski definition) is 1. The maximum Gasteiger partial charge on any atom is 0.213 e. The number of aromatic amines is 1. The lowest BCUT2D eigenvalue weighted by atomic mass is 9.89. The summed E-state index contributed by atoms with van der Waals surface area (Å²) in [6.07, 6.45) is 10.4. The van der Waals surface area contributed by atoms with Crippen LogP contribution in [0.15, 0.2) is 49.6 Å². The number of hydrogen-bond acceptors (Lipinski definition) is 8. The van der Waals surface area contributed by atoms with Gasteiger partial charge in [0.2, 0.25) is 10.0 Å². The third-order valence-corrected chi connectivity index (χ3v) is 8.27. The van der Waals surface area contributed by atoms with Crippen LogP contribution in [0.2, 0.25) is 0 Å². The van der Waals surface area contributed by atoms with E-state index in [9.17, 15) is 13.7 Å². The molecule has 1 N–H and O–H groups in total. The summed E-state index contributed by atoms with van der Waals surface area (Å²) in [7, 11) is -3.32. The molecule has 35 heavy (non-hydrogen) atoms. The van der Waals surface area contributed by atoms with Gasteiger partial charge >= 0.3 is 0 Å². The van der Waals surface area contributed by atoms with E-state index in [2.05, 4.69) is 36.1 Å². The van der Waals surface area contributed by atoms with Crippen molar-refractivity contribution in [3.05, 3.63) is 49.6 Å². The number of rotatable bonds is 6. The molecule has 0 atom stereocenters. The lowest BCUT2D eigenvalue weighted by Crippen LogP contribution is -2.64. The standard InChI is InChI=1S/C22H20N10O2S/c1-2-35(33,34)30-11-22(12-30,5-6-23)32-10-15(9-29-32)18-16-4-8-31(20(16)27-13-25-18)21-17-3-7-24-19(17)26-14-28-21/h3-4,7-10,13-14H,2,5,11-12H2,1H3,(H,24,26,28). The van der Waals surface area contributed by atoms with Crippen LogP contribution in [-0.2, 0) is 15.6 Å². The molecule has 0 aromatic carbocycles. The van der Waals surface area contributed by atoms with Gasteiger partial charge in [-0.1, -0.05) is 0 Å². The molecular weight excluding hydrogens is 468 g/mol. The van der Waals surface area contributed by atoms with Gasteiger partial charge in [-0.3, -0.25) is 9.25 Å². The predicted molar refractivity (Wildman–Crippen MR) is 127 cm³/mol. The van der Waals surface area contributed by atoms with Crippen molar-refractivity contribution >= 4 is 32.1 Å². The lowest BCUT2D eigenvalue weighted by Gasteiger charge is -2.47. The third-order valence-electron chi connectivity index (χ3n) is 6.49. The summed E-state index contributed by atoms with van der Waals surface area (Å²) < 4.78 is 29.5. The van der Waals surface area contributed by atoms with Gasteiger partial charge in [-0.05, 0) is 19.1 Å². The van der Waals surface area contributed by atoms with Crippen LogP contribution in [-0.4, -0.2) is 70.8 Å². The number of sulfonamides is 1. The van der Waals surface area contributed by atoms with Gasteiger partial charge < -0.3 is 4.98 Å². The average Bonchev–Trinajstić information content (AvgIpc) is 3.60. The summed E-state index contributed by atoms with van der Waals surface area (Å²) in [5, 5.41) is 15.6. The molecule has 5 aromatic heterocycles. The van der Waals surface area contributed by atoms with Crippen molar-refractivity contribution < 1.29 is 8.42 Å². The number of H-pyrrole nitrogens is 1. The topological polar surface area (TPSA) is 151 Å². The molecular formula is C22H20N10O2S. The fourth-order valence-corrected chi connectivity index (χ4v) is 5.82. The average molecular weight is 489 g/mol. The molecule has 1 saturated heterocycles. The summed E-state index contributed by atoms with van der Waals surface area (Å²) in [5.74, 6) is 0.725. The summed E-state index contributed by atoms with van der Waals surface area (Å²) >= 11 is 0. The Balaban J connectivity index is 1.39. The van der Waals surface area contributed by atoms with Gasteiger partial charge in [-0.15, -0.1) is 0 Å². The number of fused-ring (bicyclic) bond motifs is 2. The first-order valence-electron chi connectivity index (χ1n) is 11.0. The van der Waals surface area contributed by atoms with Gasteiger partial charge in [0.1, 0.15) is 29.5 Å². The third kappa shape index (κ3) is 3.22. The molecule has 0 spiro atoms.